The molecule has 0 N–H and O–H groups in total. The molecule has 0 fully saturated rings. The number of ether oxygens (including phenoxy) is 1. The minimum atomic E-state index is -0.796. The third-order valence-electron chi connectivity index (χ3n) is 5.28. The second kappa shape index (κ2) is 8.26. The van der Waals surface area contributed by atoms with Crippen molar-refractivity contribution in [3.63, 3.8) is 0 Å². The summed E-state index contributed by atoms with van der Waals surface area (Å²) in [5.41, 5.74) is 2.84. The van der Waals surface area contributed by atoms with Crippen molar-refractivity contribution in [2.45, 2.75) is 19.9 Å². The number of amides is 1. The molecule has 1 aliphatic heterocycles. The lowest BCUT2D eigenvalue weighted by atomic mass is 9.94. The summed E-state index contributed by atoms with van der Waals surface area (Å²) in [6, 6.07) is 8.37. The largest absolute Gasteiger partial charge is 0.458 e. The topological polar surface area (TPSA) is 59.5 Å². The zero-order chi connectivity index (χ0) is 22.1. The summed E-state index contributed by atoms with van der Waals surface area (Å²) >= 11 is 0. The number of pyridine rings is 1. The van der Waals surface area contributed by atoms with E-state index in [9.17, 15) is 18.4 Å². The van der Waals surface area contributed by atoms with E-state index < -0.39 is 23.5 Å². The molecule has 0 aliphatic carbocycles. The molecule has 1 aromatic heterocycles. The van der Waals surface area contributed by atoms with Crippen LogP contribution >= 0.6 is 0 Å². The van der Waals surface area contributed by atoms with Gasteiger partial charge in [0.2, 0.25) is 0 Å². The molecule has 0 atom stereocenters. The van der Waals surface area contributed by atoms with Gasteiger partial charge in [-0.05, 0) is 37.3 Å². The minimum absolute atomic E-state index is 0.0412. The van der Waals surface area contributed by atoms with Gasteiger partial charge < -0.3 is 9.64 Å². The van der Waals surface area contributed by atoms with Crippen molar-refractivity contribution < 1.29 is 23.1 Å². The Morgan fingerprint density at radius 3 is 2.81 bits per heavy atom. The monoisotopic (exact) mass is 422 g/mol. The lowest BCUT2D eigenvalue weighted by Gasteiger charge is -2.30. The first kappa shape index (κ1) is 20.7. The van der Waals surface area contributed by atoms with Crippen molar-refractivity contribution in [2.24, 2.45) is 0 Å². The van der Waals surface area contributed by atoms with Crippen LogP contribution in [0.2, 0.25) is 0 Å². The summed E-state index contributed by atoms with van der Waals surface area (Å²) in [5.74, 6) is -2.67. The number of aryl methyl sites for hydroxylation is 1. The van der Waals surface area contributed by atoms with E-state index in [1.54, 1.807) is 0 Å². The number of nitrogens with zero attached hydrogens (tertiary/aromatic N) is 2. The molecule has 31 heavy (non-hydrogen) atoms. The van der Waals surface area contributed by atoms with Crippen LogP contribution in [0.3, 0.4) is 0 Å². The maximum Gasteiger partial charge on any atom is 0.339 e. The van der Waals surface area contributed by atoms with Gasteiger partial charge in [0.05, 0.1) is 16.6 Å². The van der Waals surface area contributed by atoms with E-state index in [0.29, 0.717) is 34.1 Å². The van der Waals surface area contributed by atoms with Gasteiger partial charge in [-0.1, -0.05) is 24.3 Å². The average molecular weight is 422 g/mol. The number of carbonyl (C=O) groups excluding carboxylic acids is 2. The van der Waals surface area contributed by atoms with Crippen LogP contribution in [-0.4, -0.2) is 34.9 Å². The molecule has 3 aromatic rings. The first-order valence-electron chi connectivity index (χ1n) is 9.83. The minimum Gasteiger partial charge on any atom is -0.458 e. The molecule has 2 heterocycles. The Morgan fingerprint density at radius 1 is 1.23 bits per heavy atom. The SMILES string of the molecule is C=CCOC(=O)c1c2c(nc3ccc(C)cc13)CCN(C(=O)c1cc(F)ccc1F)C2. The van der Waals surface area contributed by atoms with Crippen LogP contribution in [0, 0.1) is 18.6 Å². The standard InChI is InChI=1S/C24H20F2N2O3/c1-3-10-31-24(30)22-17-11-14(2)4-7-20(17)27-21-8-9-28(13-18(21)22)23(29)16-12-15(25)5-6-19(16)26/h3-7,11-12H,1,8-10,13H2,2H3. The van der Waals surface area contributed by atoms with E-state index in [0.717, 1.165) is 23.8 Å². The van der Waals surface area contributed by atoms with Gasteiger partial charge in [0, 0.05) is 36.2 Å². The molecule has 4 rings (SSSR count). The van der Waals surface area contributed by atoms with Gasteiger partial charge in [-0.2, -0.15) is 0 Å². The van der Waals surface area contributed by atoms with Gasteiger partial charge in [-0.3, -0.25) is 9.78 Å². The predicted octanol–water partition coefficient (Wildman–Crippen LogP) is 4.36. The first-order valence-corrected chi connectivity index (χ1v) is 9.83. The molecule has 0 bridgehead atoms. The molecule has 0 radical (unpaired) electrons. The molecule has 1 aliphatic rings. The molecule has 0 spiro atoms. The van der Waals surface area contributed by atoms with Gasteiger partial charge >= 0.3 is 5.97 Å². The van der Waals surface area contributed by atoms with E-state index in [-0.39, 0.29) is 25.3 Å². The number of fused-ring (bicyclic) bond motifs is 2. The number of halogens is 2. The van der Waals surface area contributed by atoms with Gasteiger partial charge in [0.25, 0.3) is 5.91 Å². The van der Waals surface area contributed by atoms with E-state index in [4.69, 9.17) is 4.74 Å². The second-order valence-electron chi connectivity index (χ2n) is 7.42. The summed E-state index contributed by atoms with van der Waals surface area (Å²) in [7, 11) is 0. The van der Waals surface area contributed by atoms with Crippen LogP contribution < -0.4 is 0 Å². The Bertz CT molecular complexity index is 1220. The van der Waals surface area contributed by atoms with Crippen LogP contribution in [0.25, 0.3) is 10.9 Å². The van der Waals surface area contributed by atoms with Crippen molar-refractivity contribution in [1.29, 1.82) is 0 Å². The summed E-state index contributed by atoms with van der Waals surface area (Å²) in [6.45, 7) is 5.82. The number of esters is 1. The summed E-state index contributed by atoms with van der Waals surface area (Å²) < 4.78 is 33.1. The van der Waals surface area contributed by atoms with Gasteiger partial charge in [-0.25, -0.2) is 13.6 Å². The number of hydrogen-bond donors (Lipinski definition) is 0. The van der Waals surface area contributed by atoms with Crippen LogP contribution in [0.5, 0.6) is 0 Å². The zero-order valence-electron chi connectivity index (χ0n) is 17.0. The smallest absolute Gasteiger partial charge is 0.339 e. The Balaban J connectivity index is 1.80. The number of rotatable bonds is 4. The normalized spacial score (nSPS) is 13.1. The fourth-order valence-electron chi connectivity index (χ4n) is 3.80. The Labute approximate surface area is 178 Å². The summed E-state index contributed by atoms with van der Waals surface area (Å²) in [6.07, 6.45) is 1.85. The van der Waals surface area contributed by atoms with Crippen molar-refractivity contribution in [3.05, 3.63) is 88.6 Å². The highest BCUT2D eigenvalue weighted by atomic mass is 19.1. The van der Waals surface area contributed by atoms with Gasteiger partial charge in [-0.15, -0.1) is 0 Å². The van der Waals surface area contributed by atoms with Crippen LogP contribution in [-0.2, 0) is 17.7 Å². The Kier molecular flexibility index (Phi) is 5.50. The van der Waals surface area contributed by atoms with Crippen molar-refractivity contribution in [3.8, 4) is 0 Å². The van der Waals surface area contributed by atoms with E-state index in [1.807, 2.05) is 25.1 Å². The molecule has 5 nitrogen and oxygen atoms in total. The molecule has 1 amide bonds. The molecule has 0 saturated carbocycles. The Morgan fingerprint density at radius 2 is 2.03 bits per heavy atom. The van der Waals surface area contributed by atoms with Gasteiger partial charge in [0.15, 0.2) is 0 Å². The quantitative estimate of drug-likeness (QED) is 0.463. The van der Waals surface area contributed by atoms with Crippen LogP contribution in [0.15, 0.2) is 49.1 Å². The Hall–Kier alpha value is -3.61. The van der Waals surface area contributed by atoms with Crippen molar-refractivity contribution >= 4 is 22.8 Å². The lowest BCUT2D eigenvalue weighted by molar-refractivity contribution is 0.0544. The zero-order valence-corrected chi connectivity index (χ0v) is 17.0. The molecule has 0 unspecified atom stereocenters. The predicted molar refractivity (Wildman–Crippen MR) is 112 cm³/mol. The maximum atomic E-state index is 14.2. The molecule has 0 saturated heterocycles. The summed E-state index contributed by atoms with van der Waals surface area (Å²) in [5, 5.41) is 0.624. The molecule has 7 heteroatoms. The molecular formula is C24H20F2N2O3. The number of carbonyl (C=O) groups is 2. The second-order valence-corrected chi connectivity index (χ2v) is 7.42. The number of benzene rings is 2. The highest BCUT2D eigenvalue weighted by Gasteiger charge is 2.30. The van der Waals surface area contributed by atoms with Crippen LogP contribution in [0.4, 0.5) is 8.78 Å². The maximum absolute atomic E-state index is 14.2. The summed E-state index contributed by atoms with van der Waals surface area (Å²) in [4.78, 5) is 31.9. The fourth-order valence-corrected chi connectivity index (χ4v) is 3.80. The van der Waals surface area contributed by atoms with Crippen molar-refractivity contribution in [1.82, 2.24) is 9.88 Å². The highest BCUT2D eigenvalue weighted by molar-refractivity contribution is 6.05. The number of hydrogen-bond acceptors (Lipinski definition) is 4. The third-order valence-corrected chi connectivity index (χ3v) is 5.28. The lowest BCUT2D eigenvalue weighted by Crippen LogP contribution is -2.38. The number of aromatic nitrogens is 1. The van der Waals surface area contributed by atoms with E-state index in [1.165, 1.54) is 11.0 Å². The molecule has 158 valence electrons. The first-order chi connectivity index (χ1) is 14.9. The van der Waals surface area contributed by atoms with E-state index in [2.05, 4.69) is 11.6 Å². The van der Waals surface area contributed by atoms with Crippen molar-refractivity contribution in [2.75, 3.05) is 13.2 Å². The van der Waals surface area contributed by atoms with Crippen LogP contribution in [0.1, 0.15) is 37.5 Å². The molecule has 2 aromatic carbocycles. The molecular weight excluding hydrogens is 402 g/mol. The average Bonchev–Trinajstić information content (AvgIpc) is 2.76. The van der Waals surface area contributed by atoms with Gasteiger partial charge in [0.1, 0.15) is 18.2 Å². The third kappa shape index (κ3) is 3.91. The fraction of sp³-hybridized carbons (Fsp3) is 0.208. The van der Waals surface area contributed by atoms with E-state index >= 15 is 0 Å². The highest BCUT2D eigenvalue weighted by Crippen LogP contribution is 2.30.